The van der Waals surface area contributed by atoms with Gasteiger partial charge in [-0.3, -0.25) is 0 Å². The Labute approximate surface area is 151 Å². The lowest BCUT2D eigenvalue weighted by Crippen LogP contribution is -2.20. The van der Waals surface area contributed by atoms with Gasteiger partial charge in [0, 0.05) is 10.6 Å². The van der Waals surface area contributed by atoms with E-state index in [1.54, 1.807) is 36.4 Å². The summed E-state index contributed by atoms with van der Waals surface area (Å²) in [7, 11) is 0. The van der Waals surface area contributed by atoms with Gasteiger partial charge in [0.2, 0.25) is 0 Å². The second-order valence-electron chi connectivity index (χ2n) is 5.68. The molecule has 6 heteroatoms. The summed E-state index contributed by atoms with van der Waals surface area (Å²) in [5.41, 5.74) is 1.80. The third kappa shape index (κ3) is 4.91. The zero-order chi connectivity index (χ0) is 18.4. The fourth-order valence-electron chi connectivity index (χ4n) is 2.31. The molecule has 25 heavy (non-hydrogen) atoms. The molecule has 5 nitrogen and oxygen atoms in total. The van der Waals surface area contributed by atoms with Gasteiger partial charge in [0.15, 0.2) is 6.04 Å². The first-order valence-electron chi connectivity index (χ1n) is 7.78. The Morgan fingerprint density at radius 2 is 1.92 bits per heavy atom. The van der Waals surface area contributed by atoms with E-state index < -0.39 is 12.0 Å². The Hall–Kier alpha value is -2.65. The maximum atomic E-state index is 11.7. The van der Waals surface area contributed by atoms with Crippen molar-refractivity contribution in [1.82, 2.24) is 0 Å². The number of ether oxygens (including phenoxy) is 1. The van der Waals surface area contributed by atoms with Crippen LogP contribution in [0.1, 0.15) is 31.0 Å². The first-order valence-corrected chi connectivity index (χ1v) is 9.01. The van der Waals surface area contributed by atoms with Crippen molar-refractivity contribution in [3.8, 4) is 11.8 Å². The van der Waals surface area contributed by atoms with Crippen LogP contribution in [-0.4, -0.2) is 23.4 Å². The Bertz CT molecular complexity index is 782. The lowest BCUT2D eigenvalue weighted by atomic mass is 10.1. The van der Waals surface area contributed by atoms with Crippen LogP contribution >= 0.6 is 11.8 Å². The minimum Gasteiger partial charge on any atom is -0.490 e. The zero-order valence-electron chi connectivity index (χ0n) is 14.3. The molecular formula is C19H20N2O3S. The molecule has 130 valence electrons. The molecule has 0 heterocycles. The summed E-state index contributed by atoms with van der Waals surface area (Å²) in [5.74, 6) is -0.234. The number of nitrogens with one attached hydrogen (secondary N) is 1. The normalized spacial score (nSPS) is 11.6. The molecular weight excluding hydrogens is 336 g/mol. The molecule has 0 spiro atoms. The predicted octanol–water partition coefficient (Wildman–Crippen LogP) is 4.31. The van der Waals surface area contributed by atoms with Crippen molar-refractivity contribution in [2.24, 2.45) is 0 Å². The van der Waals surface area contributed by atoms with Crippen molar-refractivity contribution in [3.05, 3.63) is 53.6 Å². The lowest BCUT2D eigenvalue weighted by molar-refractivity contribution is -0.138. The topological polar surface area (TPSA) is 82.4 Å². The highest BCUT2D eigenvalue weighted by molar-refractivity contribution is 7.98. The summed E-state index contributed by atoms with van der Waals surface area (Å²) in [5, 5.41) is 21.5. The van der Waals surface area contributed by atoms with Crippen molar-refractivity contribution < 1.29 is 14.6 Å². The van der Waals surface area contributed by atoms with Gasteiger partial charge in [-0.2, -0.15) is 5.26 Å². The van der Waals surface area contributed by atoms with Gasteiger partial charge >= 0.3 is 5.97 Å². The number of thioether (sulfide) groups is 1. The molecule has 0 amide bonds. The fraction of sp³-hybridized carbons (Fsp3) is 0.263. The first kappa shape index (κ1) is 18.7. The van der Waals surface area contributed by atoms with Crippen molar-refractivity contribution in [2.45, 2.75) is 30.9 Å². The zero-order valence-corrected chi connectivity index (χ0v) is 15.1. The molecule has 0 aliphatic rings. The second-order valence-corrected chi connectivity index (χ2v) is 6.53. The number of nitriles is 1. The first-order chi connectivity index (χ1) is 11.9. The van der Waals surface area contributed by atoms with E-state index in [0.717, 1.165) is 10.6 Å². The molecule has 2 rings (SSSR count). The van der Waals surface area contributed by atoms with E-state index in [-0.39, 0.29) is 6.10 Å². The van der Waals surface area contributed by atoms with Crippen LogP contribution in [0.4, 0.5) is 5.69 Å². The maximum Gasteiger partial charge on any atom is 0.330 e. The third-order valence-electron chi connectivity index (χ3n) is 3.46. The summed E-state index contributed by atoms with van der Waals surface area (Å²) in [6.45, 7) is 3.90. The van der Waals surface area contributed by atoms with E-state index in [0.29, 0.717) is 16.8 Å². The minimum atomic E-state index is -0.978. The summed E-state index contributed by atoms with van der Waals surface area (Å²) >= 11 is 1.51. The standard InChI is InChI=1S/C19H20N2O3S/c1-12(2)24-16-9-6-14(10-17(16)25-3)18(19(22)23)21-15-7-4-13(11-20)5-8-15/h4-10,12,18,21H,1-3H3,(H,22,23). The molecule has 0 fully saturated rings. The number of anilines is 1. The van der Waals surface area contributed by atoms with E-state index in [9.17, 15) is 9.90 Å². The number of carbonyl (C=O) groups is 1. The average Bonchev–Trinajstić information content (AvgIpc) is 2.60. The second kappa shape index (κ2) is 8.45. The molecule has 0 bridgehead atoms. The SMILES string of the molecule is CSc1cc(C(Nc2ccc(C#N)cc2)C(=O)O)ccc1OC(C)C. The quantitative estimate of drug-likeness (QED) is 0.720. The Kier molecular flexibility index (Phi) is 6.31. The molecule has 2 N–H and O–H groups in total. The monoisotopic (exact) mass is 356 g/mol. The third-order valence-corrected chi connectivity index (χ3v) is 4.21. The highest BCUT2D eigenvalue weighted by Crippen LogP contribution is 2.32. The summed E-state index contributed by atoms with van der Waals surface area (Å²) < 4.78 is 5.76. The average molecular weight is 356 g/mol. The van der Waals surface area contributed by atoms with Crippen LogP contribution < -0.4 is 10.1 Å². The number of rotatable bonds is 7. The van der Waals surface area contributed by atoms with Crippen molar-refractivity contribution >= 4 is 23.4 Å². The van der Waals surface area contributed by atoms with Gasteiger partial charge in [-0.25, -0.2) is 4.79 Å². The molecule has 0 aromatic heterocycles. The number of hydrogen-bond acceptors (Lipinski definition) is 5. The van der Waals surface area contributed by atoms with E-state index >= 15 is 0 Å². The van der Waals surface area contributed by atoms with Crippen molar-refractivity contribution in [3.63, 3.8) is 0 Å². The highest BCUT2D eigenvalue weighted by atomic mass is 32.2. The van der Waals surface area contributed by atoms with Gasteiger partial charge in [-0.05, 0) is 62.1 Å². The highest BCUT2D eigenvalue weighted by Gasteiger charge is 2.21. The molecule has 0 aliphatic carbocycles. The van der Waals surface area contributed by atoms with E-state index in [1.165, 1.54) is 11.8 Å². The van der Waals surface area contributed by atoms with Gasteiger partial charge in [0.1, 0.15) is 5.75 Å². The van der Waals surface area contributed by atoms with Crippen molar-refractivity contribution in [2.75, 3.05) is 11.6 Å². The molecule has 0 aliphatic heterocycles. The number of carboxylic acid groups (broad SMARTS) is 1. The molecule has 1 unspecified atom stereocenters. The molecule has 0 saturated carbocycles. The molecule has 0 radical (unpaired) electrons. The van der Waals surface area contributed by atoms with Gasteiger partial charge in [-0.1, -0.05) is 6.07 Å². The smallest absolute Gasteiger partial charge is 0.330 e. The number of aliphatic carboxylic acids is 1. The van der Waals surface area contributed by atoms with Gasteiger partial charge in [0.25, 0.3) is 0 Å². The van der Waals surface area contributed by atoms with E-state index in [4.69, 9.17) is 10.00 Å². The number of benzene rings is 2. The van der Waals surface area contributed by atoms with Crippen LogP contribution in [0.15, 0.2) is 47.4 Å². The van der Waals surface area contributed by atoms with Crippen LogP contribution in [-0.2, 0) is 4.79 Å². The van der Waals surface area contributed by atoms with E-state index in [2.05, 4.69) is 5.32 Å². The predicted molar refractivity (Wildman–Crippen MR) is 99.1 cm³/mol. The summed E-state index contributed by atoms with van der Waals surface area (Å²) in [6, 6.07) is 13.2. The largest absolute Gasteiger partial charge is 0.490 e. The Morgan fingerprint density at radius 3 is 2.44 bits per heavy atom. The van der Waals surface area contributed by atoms with Crippen LogP contribution in [0.2, 0.25) is 0 Å². The summed E-state index contributed by atoms with van der Waals surface area (Å²) in [6.07, 6.45) is 1.97. The number of hydrogen-bond donors (Lipinski definition) is 2. The Balaban J connectivity index is 2.30. The Morgan fingerprint density at radius 1 is 1.24 bits per heavy atom. The fourth-order valence-corrected chi connectivity index (χ4v) is 2.88. The number of carboxylic acids is 1. The van der Waals surface area contributed by atoms with E-state index in [1.807, 2.05) is 32.2 Å². The molecule has 0 saturated heterocycles. The van der Waals surface area contributed by atoms with Crippen LogP contribution in [0.5, 0.6) is 5.75 Å². The van der Waals surface area contributed by atoms with Gasteiger partial charge < -0.3 is 15.2 Å². The van der Waals surface area contributed by atoms with Crippen LogP contribution in [0.25, 0.3) is 0 Å². The maximum absolute atomic E-state index is 11.7. The van der Waals surface area contributed by atoms with Crippen LogP contribution in [0.3, 0.4) is 0 Å². The lowest BCUT2D eigenvalue weighted by Gasteiger charge is -2.19. The van der Waals surface area contributed by atoms with Crippen LogP contribution in [0, 0.1) is 11.3 Å². The summed E-state index contributed by atoms with van der Waals surface area (Å²) in [4.78, 5) is 12.6. The van der Waals surface area contributed by atoms with Gasteiger partial charge in [-0.15, -0.1) is 11.8 Å². The van der Waals surface area contributed by atoms with Crippen molar-refractivity contribution in [1.29, 1.82) is 5.26 Å². The minimum absolute atomic E-state index is 0.0452. The number of nitrogens with zero attached hydrogens (tertiary/aromatic N) is 1. The molecule has 1 atom stereocenters. The van der Waals surface area contributed by atoms with Gasteiger partial charge in [0.05, 0.1) is 17.7 Å². The molecule has 2 aromatic rings. The molecule has 2 aromatic carbocycles.